The maximum absolute atomic E-state index is 12.3. The standard InChI is InChI=1S/C16H20O4/c1-2-18-13-7-11(8-13)9-14(17)12-3-4-15-16(10-12)20-6-5-19-15/h3-4,10-11,13H,2,5-9H2,1H3. The summed E-state index contributed by atoms with van der Waals surface area (Å²) in [6, 6.07) is 5.45. The molecule has 4 heteroatoms. The van der Waals surface area contributed by atoms with Gasteiger partial charge in [0.1, 0.15) is 13.2 Å². The molecule has 0 aromatic heterocycles. The molecule has 0 N–H and O–H groups in total. The molecule has 0 atom stereocenters. The molecule has 108 valence electrons. The van der Waals surface area contributed by atoms with Crippen LogP contribution in [0.2, 0.25) is 0 Å². The summed E-state index contributed by atoms with van der Waals surface area (Å²) in [5.41, 5.74) is 0.717. The molecule has 1 heterocycles. The van der Waals surface area contributed by atoms with E-state index in [2.05, 4.69) is 0 Å². The maximum atomic E-state index is 12.3. The van der Waals surface area contributed by atoms with Gasteiger partial charge in [0, 0.05) is 18.6 Å². The van der Waals surface area contributed by atoms with Gasteiger partial charge in [-0.1, -0.05) is 0 Å². The Labute approximate surface area is 119 Å². The fraction of sp³-hybridized carbons (Fsp3) is 0.562. The Hall–Kier alpha value is -1.55. The first-order valence-corrected chi connectivity index (χ1v) is 7.30. The Morgan fingerprint density at radius 2 is 2.00 bits per heavy atom. The lowest BCUT2D eigenvalue weighted by Crippen LogP contribution is -2.32. The first-order chi connectivity index (χ1) is 9.76. The molecule has 1 fully saturated rings. The van der Waals surface area contributed by atoms with Gasteiger partial charge in [0.2, 0.25) is 0 Å². The SMILES string of the molecule is CCOC1CC(CC(=O)c2ccc3c(c2)OCCO3)C1. The Bertz CT molecular complexity index is 491. The number of hydrogen-bond acceptors (Lipinski definition) is 4. The van der Waals surface area contributed by atoms with Gasteiger partial charge in [0.05, 0.1) is 6.10 Å². The highest BCUT2D eigenvalue weighted by atomic mass is 16.6. The molecule has 3 rings (SSSR count). The van der Waals surface area contributed by atoms with Crippen LogP contribution in [0.15, 0.2) is 18.2 Å². The van der Waals surface area contributed by atoms with Crippen molar-refractivity contribution in [2.75, 3.05) is 19.8 Å². The molecule has 2 aliphatic rings. The number of benzene rings is 1. The van der Waals surface area contributed by atoms with Crippen molar-refractivity contribution in [2.24, 2.45) is 5.92 Å². The van der Waals surface area contributed by atoms with Crippen molar-refractivity contribution < 1.29 is 19.0 Å². The minimum atomic E-state index is 0.182. The molecule has 4 nitrogen and oxygen atoms in total. The number of ketones is 1. The number of carbonyl (C=O) groups excluding carboxylic acids is 1. The fourth-order valence-electron chi connectivity index (χ4n) is 2.81. The summed E-state index contributed by atoms with van der Waals surface area (Å²) >= 11 is 0. The van der Waals surface area contributed by atoms with Crippen molar-refractivity contribution in [3.63, 3.8) is 0 Å². The second-order valence-corrected chi connectivity index (χ2v) is 5.40. The van der Waals surface area contributed by atoms with Crippen LogP contribution in [-0.4, -0.2) is 31.7 Å². The zero-order chi connectivity index (χ0) is 13.9. The van der Waals surface area contributed by atoms with Gasteiger partial charge in [-0.2, -0.15) is 0 Å². The quantitative estimate of drug-likeness (QED) is 0.776. The fourth-order valence-corrected chi connectivity index (χ4v) is 2.81. The summed E-state index contributed by atoms with van der Waals surface area (Å²) in [4.78, 5) is 12.3. The smallest absolute Gasteiger partial charge is 0.163 e. The molecule has 0 unspecified atom stereocenters. The molecule has 0 saturated heterocycles. The topological polar surface area (TPSA) is 44.8 Å². The lowest BCUT2D eigenvalue weighted by atomic mass is 9.78. The summed E-state index contributed by atoms with van der Waals surface area (Å²) in [6.45, 7) is 3.88. The zero-order valence-electron chi connectivity index (χ0n) is 11.8. The molecule has 0 spiro atoms. The summed E-state index contributed by atoms with van der Waals surface area (Å²) < 4.78 is 16.5. The van der Waals surface area contributed by atoms with Crippen molar-refractivity contribution in [1.29, 1.82) is 0 Å². The molecule has 1 aliphatic heterocycles. The summed E-state index contributed by atoms with van der Waals surface area (Å²) in [5.74, 6) is 2.06. The van der Waals surface area contributed by atoms with E-state index in [4.69, 9.17) is 14.2 Å². The van der Waals surface area contributed by atoms with Gasteiger partial charge >= 0.3 is 0 Å². The molecule has 1 aliphatic carbocycles. The van der Waals surface area contributed by atoms with Crippen molar-refractivity contribution >= 4 is 5.78 Å². The first-order valence-electron chi connectivity index (χ1n) is 7.30. The molecular formula is C16H20O4. The summed E-state index contributed by atoms with van der Waals surface area (Å²) in [5, 5.41) is 0. The van der Waals surface area contributed by atoms with Crippen molar-refractivity contribution in [2.45, 2.75) is 32.3 Å². The number of carbonyl (C=O) groups is 1. The average Bonchev–Trinajstić information content (AvgIpc) is 2.44. The van der Waals surface area contributed by atoms with Gasteiger partial charge in [-0.05, 0) is 43.9 Å². The van der Waals surface area contributed by atoms with E-state index in [0.717, 1.165) is 25.2 Å². The van der Waals surface area contributed by atoms with Crippen LogP contribution in [-0.2, 0) is 4.74 Å². The minimum absolute atomic E-state index is 0.182. The molecule has 1 saturated carbocycles. The lowest BCUT2D eigenvalue weighted by molar-refractivity contribution is -0.0246. The van der Waals surface area contributed by atoms with E-state index >= 15 is 0 Å². The van der Waals surface area contributed by atoms with Crippen LogP contribution in [0.5, 0.6) is 11.5 Å². The van der Waals surface area contributed by atoms with Gasteiger partial charge in [-0.25, -0.2) is 0 Å². The Balaban J connectivity index is 1.58. The number of Topliss-reactive ketones (excluding diaryl/α,β-unsaturated/α-hetero) is 1. The van der Waals surface area contributed by atoms with Crippen molar-refractivity contribution in [1.82, 2.24) is 0 Å². The maximum Gasteiger partial charge on any atom is 0.163 e. The third kappa shape index (κ3) is 2.80. The van der Waals surface area contributed by atoms with E-state index in [0.29, 0.717) is 43.0 Å². The lowest BCUT2D eigenvalue weighted by Gasteiger charge is -2.34. The van der Waals surface area contributed by atoms with E-state index in [1.807, 2.05) is 19.1 Å². The average molecular weight is 276 g/mol. The van der Waals surface area contributed by atoms with Gasteiger partial charge in [0.25, 0.3) is 0 Å². The predicted molar refractivity (Wildman–Crippen MR) is 74.5 cm³/mol. The normalized spacial score (nSPS) is 24.1. The van der Waals surface area contributed by atoms with Crippen molar-refractivity contribution in [3.8, 4) is 11.5 Å². The number of hydrogen-bond donors (Lipinski definition) is 0. The summed E-state index contributed by atoms with van der Waals surface area (Å²) in [7, 11) is 0. The molecule has 0 amide bonds. The molecule has 0 bridgehead atoms. The van der Waals surface area contributed by atoms with Crippen molar-refractivity contribution in [3.05, 3.63) is 23.8 Å². The second-order valence-electron chi connectivity index (χ2n) is 5.40. The van der Waals surface area contributed by atoms with E-state index in [-0.39, 0.29) is 5.78 Å². The third-order valence-electron chi connectivity index (χ3n) is 3.93. The zero-order valence-corrected chi connectivity index (χ0v) is 11.8. The van der Waals surface area contributed by atoms with E-state index < -0.39 is 0 Å². The van der Waals surface area contributed by atoms with Crippen LogP contribution in [0.3, 0.4) is 0 Å². The van der Waals surface area contributed by atoms with E-state index in [9.17, 15) is 4.79 Å². The Kier molecular flexibility index (Phi) is 3.92. The van der Waals surface area contributed by atoms with E-state index in [1.165, 1.54) is 0 Å². The van der Waals surface area contributed by atoms with Gasteiger partial charge < -0.3 is 14.2 Å². The third-order valence-corrected chi connectivity index (χ3v) is 3.93. The van der Waals surface area contributed by atoms with Crippen LogP contribution in [0.1, 0.15) is 36.5 Å². The highest BCUT2D eigenvalue weighted by Crippen LogP contribution is 2.35. The van der Waals surface area contributed by atoms with Crippen LogP contribution < -0.4 is 9.47 Å². The molecule has 0 radical (unpaired) electrons. The molecular weight excluding hydrogens is 256 g/mol. The van der Waals surface area contributed by atoms with Crippen LogP contribution >= 0.6 is 0 Å². The monoisotopic (exact) mass is 276 g/mol. The summed E-state index contributed by atoms with van der Waals surface area (Å²) in [6.07, 6.45) is 2.97. The van der Waals surface area contributed by atoms with Crippen LogP contribution in [0.4, 0.5) is 0 Å². The highest BCUT2D eigenvalue weighted by molar-refractivity contribution is 5.96. The predicted octanol–water partition coefficient (Wildman–Crippen LogP) is 2.85. The molecule has 1 aromatic carbocycles. The molecule has 1 aromatic rings. The Morgan fingerprint density at radius 1 is 1.25 bits per heavy atom. The van der Waals surface area contributed by atoms with Gasteiger partial charge in [-0.3, -0.25) is 4.79 Å². The number of fused-ring (bicyclic) bond motifs is 1. The van der Waals surface area contributed by atoms with Crippen LogP contribution in [0.25, 0.3) is 0 Å². The van der Waals surface area contributed by atoms with Gasteiger partial charge in [0.15, 0.2) is 17.3 Å². The number of rotatable bonds is 5. The van der Waals surface area contributed by atoms with Gasteiger partial charge in [-0.15, -0.1) is 0 Å². The second kappa shape index (κ2) is 5.83. The Morgan fingerprint density at radius 3 is 2.75 bits per heavy atom. The molecule has 20 heavy (non-hydrogen) atoms. The largest absolute Gasteiger partial charge is 0.486 e. The van der Waals surface area contributed by atoms with Crippen LogP contribution in [0, 0.1) is 5.92 Å². The first kappa shape index (κ1) is 13.4. The highest BCUT2D eigenvalue weighted by Gasteiger charge is 2.31. The minimum Gasteiger partial charge on any atom is -0.486 e. The van der Waals surface area contributed by atoms with E-state index in [1.54, 1.807) is 6.07 Å². The number of ether oxygens (including phenoxy) is 3.